The van der Waals surface area contributed by atoms with Crippen molar-refractivity contribution in [2.45, 2.75) is 0 Å². The summed E-state index contributed by atoms with van der Waals surface area (Å²) in [5.41, 5.74) is 1.65. The Morgan fingerprint density at radius 2 is 2.35 bits per heavy atom. The van der Waals surface area contributed by atoms with Gasteiger partial charge in [-0.25, -0.2) is 4.68 Å². The van der Waals surface area contributed by atoms with Gasteiger partial charge in [-0.15, -0.1) is 0 Å². The van der Waals surface area contributed by atoms with Crippen LogP contribution < -0.4 is 4.90 Å². The molecule has 2 heterocycles. The third-order valence-corrected chi connectivity index (χ3v) is 3.37. The van der Waals surface area contributed by atoms with Crippen molar-refractivity contribution in [1.29, 1.82) is 0 Å². The lowest BCUT2D eigenvalue weighted by Crippen LogP contribution is -2.27. The number of hydrogen-bond acceptors (Lipinski definition) is 4. The maximum absolute atomic E-state index is 12.0. The summed E-state index contributed by atoms with van der Waals surface area (Å²) < 4.78 is 1.57. The van der Waals surface area contributed by atoms with Crippen LogP contribution in [0.2, 0.25) is 5.15 Å². The van der Waals surface area contributed by atoms with Gasteiger partial charge in [0.05, 0.1) is 18.1 Å². The number of likely N-dealkylation sites (N-methyl/N-ethyl adjacent to an activating group) is 1. The van der Waals surface area contributed by atoms with Gasteiger partial charge in [-0.3, -0.25) is 9.78 Å². The third-order valence-electron chi connectivity index (χ3n) is 2.72. The van der Waals surface area contributed by atoms with Crippen molar-refractivity contribution >= 4 is 35.8 Å². The lowest BCUT2D eigenvalue weighted by molar-refractivity contribution is -0.114. The monoisotopic (exact) mass is 308 g/mol. The zero-order chi connectivity index (χ0) is 14.7. The Kier molecular flexibility index (Phi) is 4.46. The standard InChI is InChI=1S/C13H13ClN4OS/c1-9(8-20)13(19)17(2)11-7-18(16-12(11)14)10-4-3-5-15-6-10/h3-7,20H,1,8H2,2H3. The van der Waals surface area contributed by atoms with E-state index in [1.807, 2.05) is 6.07 Å². The molecule has 0 atom stereocenters. The van der Waals surface area contributed by atoms with Gasteiger partial charge in [-0.05, 0) is 12.1 Å². The van der Waals surface area contributed by atoms with E-state index in [1.54, 1.807) is 36.4 Å². The van der Waals surface area contributed by atoms with E-state index in [0.717, 1.165) is 5.69 Å². The molecule has 0 fully saturated rings. The Balaban J connectivity index is 2.33. The zero-order valence-corrected chi connectivity index (χ0v) is 12.5. The largest absolute Gasteiger partial charge is 0.307 e. The quantitative estimate of drug-likeness (QED) is 0.697. The van der Waals surface area contributed by atoms with Crippen molar-refractivity contribution in [3.8, 4) is 5.69 Å². The molecule has 0 unspecified atom stereocenters. The predicted octanol–water partition coefficient (Wildman–Crippen LogP) is 2.37. The number of hydrogen-bond donors (Lipinski definition) is 1. The minimum atomic E-state index is -0.243. The fourth-order valence-corrected chi connectivity index (χ4v) is 2.00. The van der Waals surface area contributed by atoms with Crippen LogP contribution in [-0.4, -0.2) is 33.5 Å². The Hall–Kier alpha value is -1.79. The van der Waals surface area contributed by atoms with Gasteiger partial charge >= 0.3 is 0 Å². The predicted molar refractivity (Wildman–Crippen MR) is 82.8 cm³/mol. The summed E-state index contributed by atoms with van der Waals surface area (Å²) >= 11 is 10.1. The molecule has 0 bridgehead atoms. The minimum absolute atomic E-state index is 0.233. The molecule has 0 aromatic carbocycles. The fraction of sp³-hybridized carbons (Fsp3) is 0.154. The molecule has 1 amide bonds. The van der Waals surface area contributed by atoms with Gasteiger partial charge in [0.25, 0.3) is 5.91 Å². The Morgan fingerprint density at radius 3 is 2.95 bits per heavy atom. The second-order valence-electron chi connectivity index (χ2n) is 4.09. The highest BCUT2D eigenvalue weighted by atomic mass is 35.5. The minimum Gasteiger partial charge on any atom is -0.307 e. The molecular weight excluding hydrogens is 296 g/mol. The highest BCUT2D eigenvalue weighted by Crippen LogP contribution is 2.25. The summed E-state index contributed by atoms with van der Waals surface area (Å²) in [5.74, 6) is 0.0463. The van der Waals surface area contributed by atoms with Crippen molar-refractivity contribution in [1.82, 2.24) is 14.8 Å². The van der Waals surface area contributed by atoms with Crippen molar-refractivity contribution in [2.75, 3.05) is 17.7 Å². The van der Waals surface area contributed by atoms with Gasteiger partial charge in [0, 0.05) is 24.6 Å². The first-order valence-corrected chi connectivity index (χ1v) is 6.78. The second kappa shape index (κ2) is 6.11. The molecule has 0 radical (unpaired) electrons. The van der Waals surface area contributed by atoms with Crippen molar-refractivity contribution in [2.24, 2.45) is 0 Å². The van der Waals surface area contributed by atoms with E-state index < -0.39 is 0 Å². The van der Waals surface area contributed by atoms with Crippen molar-refractivity contribution < 1.29 is 4.79 Å². The Bertz CT molecular complexity index is 641. The van der Waals surface area contributed by atoms with Crippen LogP contribution in [0.1, 0.15) is 0 Å². The highest BCUT2D eigenvalue weighted by molar-refractivity contribution is 7.80. The molecule has 0 aliphatic heterocycles. The molecule has 20 heavy (non-hydrogen) atoms. The molecule has 0 N–H and O–H groups in total. The summed E-state index contributed by atoms with van der Waals surface area (Å²) in [6, 6.07) is 3.64. The average Bonchev–Trinajstić information content (AvgIpc) is 2.87. The molecule has 2 aromatic rings. The van der Waals surface area contributed by atoms with E-state index >= 15 is 0 Å². The summed E-state index contributed by atoms with van der Waals surface area (Å²) in [6.07, 6.45) is 4.99. The smallest absolute Gasteiger partial charge is 0.254 e. The maximum Gasteiger partial charge on any atom is 0.254 e. The van der Waals surface area contributed by atoms with Crippen LogP contribution in [0.3, 0.4) is 0 Å². The summed E-state index contributed by atoms with van der Waals surface area (Å²) in [5, 5.41) is 4.40. The van der Waals surface area contributed by atoms with Crippen LogP contribution in [0.15, 0.2) is 42.9 Å². The molecule has 0 aliphatic carbocycles. The molecule has 0 saturated heterocycles. The van der Waals surface area contributed by atoms with E-state index in [4.69, 9.17) is 11.6 Å². The number of rotatable bonds is 4. The highest BCUT2D eigenvalue weighted by Gasteiger charge is 2.19. The average molecular weight is 309 g/mol. The van der Waals surface area contributed by atoms with Crippen LogP contribution in [0.5, 0.6) is 0 Å². The maximum atomic E-state index is 12.0. The number of pyridine rings is 1. The first-order valence-electron chi connectivity index (χ1n) is 5.77. The number of nitrogens with zero attached hydrogens (tertiary/aromatic N) is 4. The molecule has 0 spiro atoms. The molecule has 5 nitrogen and oxygen atoms in total. The van der Waals surface area contributed by atoms with Gasteiger partial charge in [-0.2, -0.15) is 17.7 Å². The zero-order valence-electron chi connectivity index (χ0n) is 10.8. The van der Waals surface area contributed by atoms with E-state index in [9.17, 15) is 4.79 Å². The molecule has 2 rings (SSSR count). The number of halogens is 1. The molecule has 0 aliphatic rings. The summed E-state index contributed by atoms with van der Waals surface area (Å²) in [7, 11) is 1.62. The number of anilines is 1. The third kappa shape index (κ3) is 2.86. The van der Waals surface area contributed by atoms with E-state index in [-0.39, 0.29) is 16.8 Å². The van der Waals surface area contributed by atoms with Gasteiger partial charge < -0.3 is 4.90 Å². The molecule has 2 aromatic heterocycles. The van der Waals surface area contributed by atoms with Crippen LogP contribution in [-0.2, 0) is 4.79 Å². The van der Waals surface area contributed by atoms with Crippen LogP contribution in [0, 0.1) is 0 Å². The number of aromatic nitrogens is 3. The second-order valence-corrected chi connectivity index (χ2v) is 4.76. The Labute approximate surface area is 127 Å². The topological polar surface area (TPSA) is 51.0 Å². The van der Waals surface area contributed by atoms with Crippen LogP contribution >= 0.6 is 24.2 Å². The van der Waals surface area contributed by atoms with Gasteiger partial charge in [-0.1, -0.05) is 18.2 Å². The molecule has 0 saturated carbocycles. The van der Waals surface area contributed by atoms with Gasteiger partial charge in [0.15, 0.2) is 5.15 Å². The van der Waals surface area contributed by atoms with Crippen molar-refractivity contribution in [3.05, 3.63) is 48.0 Å². The number of carbonyl (C=O) groups is 1. The van der Waals surface area contributed by atoms with E-state index in [1.165, 1.54) is 4.90 Å². The number of amides is 1. The van der Waals surface area contributed by atoms with Gasteiger partial charge in [0.1, 0.15) is 5.69 Å². The van der Waals surface area contributed by atoms with Gasteiger partial charge in [0.2, 0.25) is 0 Å². The first-order chi connectivity index (χ1) is 9.54. The molecule has 7 heteroatoms. The SMILES string of the molecule is C=C(CS)C(=O)N(C)c1cn(-c2cccnc2)nc1Cl. The normalized spacial score (nSPS) is 10.3. The van der Waals surface area contributed by atoms with E-state index in [0.29, 0.717) is 11.3 Å². The molecular formula is C13H13ClN4OS. The van der Waals surface area contributed by atoms with Crippen LogP contribution in [0.4, 0.5) is 5.69 Å². The number of carbonyl (C=O) groups excluding carboxylic acids is 1. The Morgan fingerprint density at radius 1 is 1.60 bits per heavy atom. The molecule has 104 valence electrons. The lowest BCUT2D eigenvalue weighted by atomic mass is 10.3. The van der Waals surface area contributed by atoms with Crippen LogP contribution in [0.25, 0.3) is 5.69 Å². The summed E-state index contributed by atoms with van der Waals surface area (Å²) in [4.78, 5) is 17.5. The summed E-state index contributed by atoms with van der Waals surface area (Å²) in [6.45, 7) is 3.67. The fourth-order valence-electron chi connectivity index (χ4n) is 1.60. The first kappa shape index (κ1) is 14.6. The lowest BCUT2D eigenvalue weighted by Gasteiger charge is -2.15. The van der Waals surface area contributed by atoms with Crippen molar-refractivity contribution in [3.63, 3.8) is 0 Å². The number of thiol groups is 1. The van der Waals surface area contributed by atoms with E-state index in [2.05, 4.69) is 29.3 Å².